The first-order valence-corrected chi connectivity index (χ1v) is 50.4. The average Bonchev–Trinajstić information content (AvgIpc) is 1.63. The molecule has 720 valence electrons. The van der Waals surface area contributed by atoms with Crippen LogP contribution < -0.4 is 46.2 Å². The number of halogens is 3. The number of carboxylic acid groups (broad SMARTS) is 1. The number of aliphatic carboxylic acids is 1. The number of carboxylic acids is 1. The van der Waals surface area contributed by atoms with Crippen LogP contribution in [0.4, 0.5) is 29.7 Å². The molecule has 6 N–H and O–H groups in total. The molecule has 5 aliphatic carbocycles. The van der Waals surface area contributed by atoms with Crippen LogP contribution in [0.1, 0.15) is 252 Å². The summed E-state index contributed by atoms with van der Waals surface area (Å²) in [5.41, 5.74) is 11.5. The van der Waals surface area contributed by atoms with Gasteiger partial charge in [0, 0.05) is 185 Å². The minimum Gasteiger partial charge on any atom is -0.481 e. The van der Waals surface area contributed by atoms with Crippen molar-refractivity contribution in [2.75, 3.05) is 110 Å². The van der Waals surface area contributed by atoms with E-state index in [2.05, 4.69) is 144 Å². The summed E-state index contributed by atoms with van der Waals surface area (Å²) in [5.74, 6) is 6.07. The molecule has 39 heteroatoms. The lowest BCUT2D eigenvalue weighted by Gasteiger charge is -2.23. The second kappa shape index (κ2) is 44.6. The second-order valence-electron chi connectivity index (χ2n) is 39.4. The number of aromatic nitrogens is 10. The molecule has 0 aromatic carbocycles. The van der Waals surface area contributed by atoms with Gasteiger partial charge in [0.05, 0.1) is 71.9 Å². The molecule has 8 bridgehead atoms. The van der Waals surface area contributed by atoms with E-state index in [4.69, 9.17) is 42.7 Å². The average molecular weight is 1910 g/mol. The van der Waals surface area contributed by atoms with Gasteiger partial charge in [0.1, 0.15) is 0 Å². The van der Waals surface area contributed by atoms with E-state index in [1.807, 2.05) is 79.6 Å². The zero-order chi connectivity index (χ0) is 94.7. The summed E-state index contributed by atoms with van der Waals surface area (Å²) in [5, 5.41) is 52.6. The highest BCUT2D eigenvalue weighted by Gasteiger charge is 2.52. The van der Waals surface area contributed by atoms with Gasteiger partial charge < -0.3 is 75.8 Å². The third kappa shape index (κ3) is 24.3. The Morgan fingerprint density at radius 3 is 0.800 bits per heavy atom. The molecule has 13 saturated heterocycles. The maximum atomic E-state index is 12.8. The molecule has 3 amide bonds. The summed E-state index contributed by atoms with van der Waals surface area (Å²) in [6.45, 7) is 17.4. The quantitative estimate of drug-likeness (QED) is 0.0245. The number of nitrogens with one attached hydrogen (secondary N) is 3. The smallest absolute Gasteiger partial charge is 0.308 e. The first-order valence-electron chi connectivity index (χ1n) is 49.3. The van der Waals surface area contributed by atoms with Crippen LogP contribution in [0.25, 0.3) is 0 Å². The summed E-state index contributed by atoms with van der Waals surface area (Å²) in [6, 6.07) is 13.1. The van der Waals surface area contributed by atoms with Crippen LogP contribution in [-0.2, 0) is 33.6 Å². The number of hydrogen-bond donors (Lipinski definition) is 5. The van der Waals surface area contributed by atoms with Crippen molar-refractivity contribution in [1.82, 2.24) is 90.3 Å². The van der Waals surface area contributed by atoms with Crippen molar-refractivity contribution in [1.29, 1.82) is 21.0 Å². The minimum absolute atomic E-state index is 0.0159. The first-order chi connectivity index (χ1) is 65.5. The molecule has 0 spiro atoms. The molecule has 17 atom stereocenters. The molecule has 5 saturated carbocycles. The normalized spacial score (nSPS) is 29.1. The largest absolute Gasteiger partial charge is 0.481 e. The molecule has 13 aliphatic heterocycles. The molecular formula is C96H127Cl3N28O8. The molecule has 18 aliphatic rings. The SMILES string of the molecule is CCN(CC)CC.N#CN1[C@H]2CC[C@@H]1[C@H](N)C2.N#CN1[C@H]2CC[C@@H]1[C@H](NC(=O)C1CCN(c3nccc(C4CC4)n3)C1)C2.N#CN1[C@H]2CC[C@@H]1[C@H](NC(=O)[C@@H]1CCN(c3nccc(C4CC4)n3)C1)C2.N#CN1[C@H]2CC[C@@H]1[C@H](NC(=O)[C@H]1CCN(c3nccc(C4CC4)n3)C1)C2.O=C(Cl)C(=O)Cl.O=C(Cl)C1CCN(c2nccc(C3CC3)n2)C1.O=C(O)C1CCN(c2nccc(C3CC3)n2)C1. The van der Waals surface area contributed by atoms with Gasteiger partial charge in [-0.25, -0.2) is 49.8 Å². The molecule has 135 heavy (non-hydrogen) atoms. The van der Waals surface area contributed by atoms with Crippen molar-refractivity contribution in [3.63, 3.8) is 0 Å². The van der Waals surface area contributed by atoms with Crippen molar-refractivity contribution < 1.29 is 38.7 Å². The lowest BCUT2D eigenvalue weighted by molar-refractivity contribution is -0.141. The summed E-state index contributed by atoms with van der Waals surface area (Å²) in [7, 11) is 0. The van der Waals surface area contributed by atoms with Gasteiger partial charge in [-0.15, -0.1) is 0 Å². The van der Waals surface area contributed by atoms with E-state index in [0.717, 1.165) is 181 Å². The van der Waals surface area contributed by atoms with E-state index in [0.29, 0.717) is 105 Å². The van der Waals surface area contributed by atoms with Crippen molar-refractivity contribution in [3.8, 4) is 24.8 Å². The van der Waals surface area contributed by atoms with E-state index < -0.39 is 16.5 Å². The van der Waals surface area contributed by atoms with Crippen LogP contribution in [0.3, 0.4) is 0 Å². The van der Waals surface area contributed by atoms with Crippen molar-refractivity contribution in [2.24, 2.45) is 35.3 Å². The van der Waals surface area contributed by atoms with Crippen molar-refractivity contribution in [2.45, 2.75) is 296 Å². The van der Waals surface area contributed by atoms with E-state index in [9.17, 15) is 49.3 Å². The van der Waals surface area contributed by atoms with Gasteiger partial charge in [0.15, 0.2) is 24.8 Å². The predicted molar refractivity (Wildman–Crippen MR) is 505 cm³/mol. The fraction of sp³-hybridized carbons (Fsp3) is 0.677. The van der Waals surface area contributed by atoms with Gasteiger partial charge >= 0.3 is 16.5 Å². The summed E-state index contributed by atoms with van der Waals surface area (Å²) in [6.07, 6.45) is 46.9. The number of nitrogens with two attached hydrogens (primary N) is 1. The standard InChI is InChI=1S/3C19H24N6O.C12H14ClN3O.C12H15N3O2.C7H11N3.C6H15N.C2Cl2O2/c3*20-11-25-14-3-4-17(25)16(9-14)22-18(26)13-6-8-24(10-13)19-21-7-5-15(23-19)12-1-2-12;13-11(17)9-4-6-16(7-9)12-14-5-3-10(15-12)8-1-2-8;16-11(17)9-4-6-15(7-9)12-13-5-3-10(14-12)8-1-2-8;8-4-10-5-1-2-7(10)6(9)3-5;1-4-7(5-2)6-3;3-1(5)2(4)6/h3*5,7,12-14,16-17H,1-4,6,8-10H2,(H,22,26);3,5,8-9H,1-2,4,6-7H2;3,5,8-9H,1-2,4,6-7H2,(H,16,17);5-7H,1-3,9H2;4-6H2,1-3H3;/t13?,14-,16+,17+;13-,14+,16-,17-;13-,14-,16+,17+;;;5-,6+,7+;;/m010..0../s1. The lowest BCUT2D eigenvalue weighted by atomic mass is 9.95. The Hall–Kier alpha value is -10.8. The number of rotatable bonds is 22. The molecule has 36 nitrogen and oxygen atoms in total. The fourth-order valence-corrected chi connectivity index (χ4v) is 22.2. The van der Waals surface area contributed by atoms with Crippen LogP contribution in [0.5, 0.6) is 0 Å². The summed E-state index contributed by atoms with van der Waals surface area (Å²) in [4.78, 5) is 145. The molecule has 18 fully saturated rings. The third-order valence-corrected chi connectivity index (χ3v) is 31.3. The Morgan fingerprint density at radius 1 is 0.363 bits per heavy atom. The van der Waals surface area contributed by atoms with Gasteiger partial charge in [0.2, 0.25) is 52.7 Å². The zero-order valence-electron chi connectivity index (χ0n) is 77.5. The summed E-state index contributed by atoms with van der Waals surface area (Å²) < 4.78 is 0. The molecule has 5 aromatic rings. The van der Waals surface area contributed by atoms with Gasteiger partial charge in [-0.1, -0.05) is 20.8 Å². The molecule has 23 rings (SSSR count). The van der Waals surface area contributed by atoms with Gasteiger partial charge in [-0.3, -0.25) is 33.6 Å². The number of amides is 3. The number of hydrogen-bond acceptors (Lipinski definition) is 32. The highest BCUT2D eigenvalue weighted by Crippen LogP contribution is 2.46. The van der Waals surface area contributed by atoms with Gasteiger partial charge in [-0.05, 0) is 258 Å². The van der Waals surface area contributed by atoms with Crippen LogP contribution in [-0.4, -0.2) is 276 Å². The van der Waals surface area contributed by atoms with E-state index in [1.54, 1.807) is 6.20 Å². The van der Waals surface area contributed by atoms with Gasteiger partial charge in [-0.2, -0.15) is 21.0 Å². The maximum absolute atomic E-state index is 12.8. The van der Waals surface area contributed by atoms with Gasteiger partial charge in [0.25, 0.3) is 0 Å². The number of carbonyl (C=O) groups excluding carboxylic acids is 6. The van der Waals surface area contributed by atoms with E-state index >= 15 is 0 Å². The monoisotopic (exact) mass is 1900 g/mol. The Bertz CT molecular complexity index is 4790. The minimum atomic E-state index is -1.14. The van der Waals surface area contributed by atoms with E-state index in [1.165, 1.54) is 90.3 Å². The number of carbonyl (C=O) groups is 7. The Labute approximate surface area is 805 Å². The maximum Gasteiger partial charge on any atom is 0.308 e. The topological polar surface area (TPSA) is 458 Å². The Balaban J connectivity index is 0.000000117. The highest BCUT2D eigenvalue weighted by atomic mass is 35.5. The lowest BCUT2D eigenvalue weighted by Crippen LogP contribution is -2.46. The number of anilines is 5. The number of nitrogens with zero attached hydrogens (tertiary/aromatic N) is 24. The molecule has 3 unspecified atom stereocenters. The molecule has 18 heterocycles. The van der Waals surface area contributed by atoms with Crippen LogP contribution >= 0.6 is 34.8 Å². The van der Waals surface area contributed by atoms with Crippen LogP contribution in [0.15, 0.2) is 61.3 Å². The fourth-order valence-electron chi connectivity index (χ4n) is 22.0. The molecule has 5 aromatic heterocycles. The zero-order valence-corrected chi connectivity index (χ0v) is 79.8. The third-order valence-electron chi connectivity index (χ3n) is 30.6. The van der Waals surface area contributed by atoms with Crippen LogP contribution in [0.2, 0.25) is 0 Å². The number of nitriles is 4. The van der Waals surface area contributed by atoms with Crippen LogP contribution in [0, 0.1) is 75.4 Å². The van der Waals surface area contributed by atoms with Crippen molar-refractivity contribution in [3.05, 3.63) is 89.8 Å². The molecular weight excluding hydrogens is 1780 g/mol. The van der Waals surface area contributed by atoms with Crippen molar-refractivity contribution >= 4 is 104 Å². The molecule has 0 radical (unpaired) electrons. The van der Waals surface area contributed by atoms with E-state index in [-0.39, 0.29) is 94.8 Å². The highest BCUT2D eigenvalue weighted by molar-refractivity contribution is 6.97. The predicted octanol–water partition coefficient (Wildman–Crippen LogP) is 9.26. The summed E-state index contributed by atoms with van der Waals surface area (Å²) >= 11 is 14.5. The number of fused-ring (bicyclic) bond motifs is 8. The Morgan fingerprint density at radius 2 is 0.607 bits per heavy atom. The second-order valence-corrected chi connectivity index (χ2v) is 40.5. The Kier molecular flexibility index (Phi) is 32.1. The first kappa shape index (κ1) is 97.3.